The van der Waals surface area contributed by atoms with Gasteiger partial charge in [-0.3, -0.25) is 10.1 Å². The van der Waals surface area contributed by atoms with Gasteiger partial charge in [0.2, 0.25) is 5.89 Å². The number of benzene rings is 2. The van der Waals surface area contributed by atoms with E-state index in [0.29, 0.717) is 18.0 Å². The number of anilines is 1. The Morgan fingerprint density at radius 3 is 2.76 bits per heavy atom. The predicted molar refractivity (Wildman–Crippen MR) is 93.1 cm³/mol. The lowest BCUT2D eigenvalue weighted by Gasteiger charge is -2.10. The van der Waals surface area contributed by atoms with E-state index in [0.717, 1.165) is 16.9 Å². The van der Waals surface area contributed by atoms with Crippen molar-refractivity contribution in [3.05, 3.63) is 76.2 Å². The molecule has 3 aromatic rings. The summed E-state index contributed by atoms with van der Waals surface area (Å²) in [6.45, 7) is 0.711. The van der Waals surface area contributed by atoms with Crippen molar-refractivity contribution in [2.24, 2.45) is 0 Å². The van der Waals surface area contributed by atoms with Crippen molar-refractivity contribution in [1.82, 2.24) is 4.98 Å². The molecule has 1 heterocycles. The molecule has 0 aliphatic carbocycles. The molecular weight excluding hydrogens is 322 g/mol. The molecule has 0 saturated heterocycles. The van der Waals surface area contributed by atoms with Crippen molar-refractivity contribution in [3.8, 4) is 11.5 Å². The second-order valence-electron chi connectivity index (χ2n) is 5.40. The standard InChI is InChI=1S/C18H17N3O4/c1-24-11-14-9-16(21(22)23)7-8-17(14)19-10-15-12-25-18(20-15)13-5-3-2-4-6-13/h2-9,12,19H,10-11H2,1H3. The highest BCUT2D eigenvalue weighted by Crippen LogP contribution is 2.24. The maximum atomic E-state index is 10.9. The quantitative estimate of drug-likeness (QED) is 0.517. The Morgan fingerprint density at radius 2 is 2.04 bits per heavy atom. The summed E-state index contributed by atoms with van der Waals surface area (Å²) in [6, 6.07) is 14.3. The first-order valence-electron chi connectivity index (χ1n) is 7.67. The summed E-state index contributed by atoms with van der Waals surface area (Å²) < 4.78 is 10.6. The minimum Gasteiger partial charge on any atom is -0.444 e. The molecule has 3 rings (SSSR count). The van der Waals surface area contributed by atoms with Crippen LogP contribution in [0, 0.1) is 10.1 Å². The van der Waals surface area contributed by atoms with Gasteiger partial charge in [-0.25, -0.2) is 4.98 Å². The van der Waals surface area contributed by atoms with E-state index in [1.807, 2.05) is 30.3 Å². The molecule has 25 heavy (non-hydrogen) atoms. The van der Waals surface area contributed by atoms with Crippen LogP contribution in [0.3, 0.4) is 0 Å². The minimum absolute atomic E-state index is 0.0328. The van der Waals surface area contributed by atoms with Gasteiger partial charge in [0.25, 0.3) is 5.69 Å². The fraction of sp³-hybridized carbons (Fsp3) is 0.167. The Balaban J connectivity index is 1.73. The van der Waals surface area contributed by atoms with Crippen LogP contribution in [0.1, 0.15) is 11.3 Å². The first-order chi connectivity index (χ1) is 12.2. The summed E-state index contributed by atoms with van der Waals surface area (Å²) in [7, 11) is 1.55. The molecular formula is C18H17N3O4. The third-order valence-electron chi connectivity index (χ3n) is 3.63. The van der Waals surface area contributed by atoms with E-state index in [-0.39, 0.29) is 12.3 Å². The number of hydrogen-bond acceptors (Lipinski definition) is 6. The molecule has 1 N–H and O–H groups in total. The second kappa shape index (κ2) is 7.59. The molecule has 0 radical (unpaired) electrons. The highest BCUT2D eigenvalue weighted by molar-refractivity contribution is 5.56. The highest BCUT2D eigenvalue weighted by atomic mass is 16.6. The highest BCUT2D eigenvalue weighted by Gasteiger charge is 2.12. The first kappa shape index (κ1) is 16.7. The Hall–Kier alpha value is -3.19. The molecule has 0 aliphatic heterocycles. The van der Waals surface area contributed by atoms with Crippen LogP contribution in [-0.4, -0.2) is 17.0 Å². The van der Waals surface area contributed by atoms with E-state index in [4.69, 9.17) is 9.15 Å². The Bertz CT molecular complexity index is 862. The van der Waals surface area contributed by atoms with Crippen LogP contribution in [-0.2, 0) is 17.9 Å². The molecule has 7 nitrogen and oxygen atoms in total. The van der Waals surface area contributed by atoms with E-state index >= 15 is 0 Å². The number of ether oxygens (including phenoxy) is 1. The third kappa shape index (κ3) is 4.02. The van der Waals surface area contributed by atoms with E-state index in [1.54, 1.807) is 19.4 Å². The zero-order valence-corrected chi connectivity index (χ0v) is 13.6. The van der Waals surface area contributed by atoms with Crippen LogP contribution in [0.5, 0.6) is 0 Å². The fourth-order valence-corrected chi connectivity index (χ4v) is 2.43. The Morgan fingerprint density at radius 1 is 1.24 bits per heavy atom. The number of methoxy groups -OCH3 is 1. The Labute approximate surface area is 144 Å². The summed E-state index contributed by atoms with van der Waals surface area (Å²) in [5.41, 5.74) is 3.15. The van der Waals surface area contributed by atoms with Gasteiger partial charge >= 0.3 is 0 Å². The number of aromatic nitrogens is 1. The minimum atomic E-state index is -0.424. The van der Waals surface area contributed by atoms with E-state index < -0.39 is 4.92 Å². The smallest absolute Gasteiger partial charge is 0.269 e. The molecule has 0 fully saturated rings. The lowest BCUT2D eigenvalue weighted by molar-refractivity contribution is -0.384. The largest absolute Gasteiger partial charge is 0.444 e. The van der Waals surface area contributed by atoms with Crippen molar-refractivity contribution in [3.63, 3.8) is 0 Å². The van der Waals surface area contributed by atoms with Gasteiger partial charge in [-0.1, -0.05) is 18.2 Å². The van der Waals surface area contributed by atoms with Crippen LogP contribution in [0.2, 0.25) is 0 Å². The van der Waals surface area contributed by atoms with Crippen LogP contribution >= 0.6 is 0 Å². The van der Waals surface area contributed by atoms with Crippen molar-refractivity contribution >= 4 is 11.4 Å². The van der Waals surface area contributed by atoms with Gasteiger partial charge < -0.3 is 14.5 Å². The zero-order chi connectivity index (χ0) is 17.6. The monoisotopic (exact) mass is 339 g/mol. The van der Waals surface area contributed by atoms with Gasteiger partial charge in [0.15, 0.2) is 0 Å². The number of nitrogens with one attached hydrogen (secondary N) is 1. The number of oxazole rings is 1. The number of non-ortho nitro benzene ring substituents is 1. The fourth-order valence-electron chi connectivity index (χ4n) is 2.43. The van der Waals surface area contributed by atoms with Crippen LogP contribution in [0.25, 0.3) is 11.5 Å². The summed E-state index contributed by atoms with van der Waals surface area (Å²) in [4.78, 5) is 14.9. The molecule has 1 aromatic heterocycles. The predicted octanol–water partition coefficient (Wildman–Crippen LogP) is 4.01. The molecule has 0 aliphatic rings. The van der Waals surface area contributed by atoms with Crippen LogP contribution < -0.4 is 5.32 Å². The summed E-state index contributed by atoms with van der Waals surface area (Å²) in [5.74, 6) is 0.554. The number of nitro benzene ring substituents is 1. The number of hydrogen-bond donors (Lipinski definition) is 1. The van der Waals surface area contributed by atoms with Crippen molar-refractivity contribution in [2.75, 3.05) is 12.4 Å². The summed E-state index contributed by atoms with van der Waals surface area (Å²) >= 11 is 0. The average molecular weight is 339 g/mol. The van der Waals surface area contributed by atoms with Gasteiger partial charge in [0.05, 0.1) is 23.8 Å². The topological polar surface area (TPSA) is 90.4 Å². The van der Waals surface area contributed by atoms with Crippen LogP contribution in [0.15, 0.2) is 59.2 Å². The van der Waals surface area contributed by atoms with Crippen molar-refractivity contribution < 1.29 is 14.1 Å². The van der Waals surface area contributed by atoms with Gasteiger partial charge in [-0.2, -0.15) is 0 Å². The molecule has 0 saturated carbocycles. The molecule has 0 amide bonds. The summed E-state index contributed by atoms with van der Waals surface area (Å²) in [5, 5.41) is 14.1. The van der Waals surface area contributed by atoms with E-state index in [2.05, 4.69) is 10.3 Å². The second-order valence-corrected chi connectivity index (χ2v) is 5.40. The summed E-state index contributed by atoms with van der Waals surface area (Å²) in [6.07, 6.45) is 1.59. The number of nitro groups is 1. The maximum Gasteiger partial charge on any atom is 0.269 e. The number of nitrogens with zero attached hydrogens (tertiary/aromatic N) is 2. The molecule has 0 atom stereocenters. The molecule has 0 spiro atoms. The van der Waals surface area contributed by atoms with Gasteiger partial charge in [-0.05, 0) is 18.2 Å². The maximum absolute atomic E-state index is 10.9. The Kier molecular flexibility index (Phi) is 5.06. The van der Waals surface area contributed by atoms with Crippen molar-refractivity contribution in [1.29, 1.82) is 0 Å². The lowest BCUT2D eigenvalue weighted by Crippen LogP contribution is -2.04. The molecule has 128 valence electrons. The molecule has 0 bridgehead atoms. The van der Waals surface area contributed by atoms with Crippen molar-refractivity contribution in [2.45, 2.75) is 13.2 Å². The van der Waals surface area contributed by atoms with E-state index in [9.17, 15) is 10.1 Å². The molecule has 7 heteroatoms. The molecule has 0 unspecified atom stereocenters. The third-order valence-corrected chi connectivity index (χ3v) is 3.63. The van der Waals surface area contributed by atoms with E-state index in [1.165, 1.54) is 12.1 Å². The van der Waals surface area contributed by atoms with Gasteiger partial charge in [0, 0.05) is 36.1 Å². The van der Waals surface area contributed by atoms with Crippen LogP contribution in [0.4, 0.5) is 11.4 Å². The number of rotatable bonds is 7. The van der Waals surface area contributed by atoms with Gasteiger partial charge in [-0.15, -0.1) is 0 Å². The lowest BCUT2D eigenvalue weighted by atomic mass is 10.1. The van der Waals surface area contributed by atoms with Gasteiger partial charge in [0.1, 0.15) is 6.26 Å². The zero-order valence-electron chi connectivity index (χ0n) is 13.6. The average Bonchev–Trinajstić information content (AvgIpc) is 3.10. The normalized spacial score (nSPS) is 10.6. The molecule has 2 aromatic carbocycles. The SMILES string of the molecule is COCc1cc([N+](=O)[O-])ccc1NCc1coc(-c2ccccc2)n1. The first-order valence-corrected chi connectivity index (χ1v) is 7.67.